The first-order valence-corrected chi connectivity index (χ1v) is 4.54. The van der Waals surface area contributed by atoms with Crippen LogP contribution in [0.1, 0.15) is 20.8 Å². The summed E-state index contributed by atoms with van der Waals surface area (Å²) in [7, 11) is 0. The molecule has 0 spiro atoms. The van der Waals surface area contributed by atoms with Crippen molar-refractivity contribution in [1.29, 1.82) is 0 Å². The predicted molar refractivity (Wildman–Crippen MR) is 48.2 cm³/mol. The van der Waals surface area contributed by atoms with E-state index in [2.05, 4.69) is 11.8 Å². The Morgan fingerprint density at radius 3 is 2.75 bits per heavy atom. The van der Waals surface area contributed by atoms with Crippen LogP contribution in [0.15, 0.2) is 0 Å². The topological polar surface area (TPSA) is 32.7 Å². The average Bonchev–Trinajstić information content (AvgIpc) is 1.82. The number of morpholine rings is 1. The molecule has 72 valence electrons. The van der Waals surface area contributed by atoms with Crippen LogP contribution in [0.25, 0.3) is 0 Å². The summed E-state index contributed by atoms with van der Waals surface area (Å²) >= 11 is 0. The third-order valence-corrected chi connectivity index (χ3v) is 1.94. The van der Waals surface area contributed by atoms with E-state index in [4.69, 9.17) is 4.74 Å². The minimum absolute atomic E-state index is 0.307. The maximum Gasteiger partial charge on any atom is 0.0718 e. The molecular formula is C9H19NO2. The highest BCUT2D eigenvalue weighted by Gasteiger charge is 2.22. The van der Waals surface area contributed by atoms with Gasteiger partial charge in [-0.05, 0) is 20.8 Å². The lowest BCUT2D eigenvalue weighted by Crippen LogP contribution is -2.47. The van der Waals surface area contributed by atoms with E-state index in [-0.39, 0.29) is 0 Å². The maximum absolute atomic E-state index is 9.57. The van der Waals surface area contributed by atoms with Gasteiger partial charge in [0.2, 0.25) is 0 Å². The lowest BCUT2D eigenvalue weighted by Gasteiger charge is -2.34. The second-order valence-corrected chi connectivity index (χ2v) is 4.23. The lowest BCUT2D eigenvalue weighted by molar-refractivity contribution is -0.0476. The molecule has 0 bridgehead atoms. The van der Waals surface area contributed by atoms with Gasteiger partial charge in [0.25, 0.3) is 0 Å². The smallest absolute Gasteiger partial charge is 0.0718 e. The van der Waals surface area contributed by atoms with E-state index >= 15 is 0 Å². The zero-order valence-electron chi connectivity index (χ0n) is 8.21. The van der Waals surface area contributed by atoms with Crippen LogP contribution in [0.4, 0.5) is 0 Å². The van der Waals surface area contributed by atoms with E-state index in [1.165, 1.54) is 0 Å². The van der Waals surface area contributed by atoms with E-state index < -0.39 is 5.60 Å². The number of hydrogen-bond acceptors (Lipinski definition) is 3. The van der Waals surface area contributed by atoms with E-state index in [0.29, 0.717) is 6.10 Å². The SMILES string of the molecule is C[C@@H]1CN(CC(C)(C)O)CCO1. The summed E-state index contributed by atoms with van der Waals surface area (Å²) < 4.78 is 5.40. The van der Waals surface area contributed by atoms with Crippen molar-refractivity contribution >= 4 is 0 Å². The molecule has 0 saturated carbocycles. The van der Waals surface area contributed by atoms with E-state index in [1.54, 1.807) is 0 Å². The van der Waals surface area contributed by atoms with Gasteiger partial charge in [-0.25, -0.2) is 0 Å². The highest BCUT2D eigenvalue weighted by molar-refractivity contribution is 4.75. The van der Waals surface area contributed by atoms with Crippen molar-refractivity contribution < 1.29 is 9.84 Å². The fourth-order valence-corrected chi connectivity index (χ4v) is 1.58. The number of aliphatic hydroxyl groups is 1. The van der Waals surface area contributed by atoms with Gasteiger partial charge in [-0.1, -0.05) is 0 Å². The van der Waals surface area contributed by atoms with Gasteiger partial charge in [-0.3, -0.25) is 4.90 Å². The Labute approximate surface area is 74.3 Å². The first kappa shape index (κ1) is 9.96. The molecule has 0 aromatic rings. The molecule has 1 N–H and O–H groups in total. The van der Waals surface area contributed by atoms with Gasteiger partial charge in [0.15, 0.2) is 0 Å². The largest absolute Gasteiger partial charge is 0.389 e. The van der Waals surface area contributed by atoms with Crippen LogP contribution in [0.2, 0.25) is 0 Å². The fourth-order valence-electron chi connectivity index (χ4n) is 1.58. The van der Waals surface area contributed by atoms with Crippen molar-refractivity contribution in [3.63, 3.8) is 0 Å². The average molecular weight is 173 g/mol. The number of rotatable bonds is 2. The molecule has 0 aromatic heterocycles. The third-order valence-electron chi connectivity index (χ3n) is 1.94. The van der Waals surface area contributed by atoms with Crippen LogP contribution in [0.3, 0.4) is 0 Å². The van der Waals surface area contributed by atoms with Crippen LogP contribution in [0.5, 0.6) is 0 Å². The molecule has 12 heavy (non-hydrogen) atoms. The summed E-state index contributed by atoms with van der Waals surface area (Å²) in [6, 6.07) is 0. The van der Waals surface area contributed by atoms with Gasteiger partial charge in [0.05, 0.1) is 18.3 Å². The zero-order valence-corrected chi connectivity index (χ0v) is 8.21. The number of hydrogen-bond donors (Lipinski definition) is 1. The Morgan fingerprint density at radius 2 is 2.25 bits per heavy atom. The van der Waals surface area contributed by atoms with Crippen molar-refractivity contribution in [2.45, 2.75) is 32.5 Å². The summed E-state index contributed by atoms with van der Waals surface area (Å²) in [5.74, 6) is 0. The number of nitrogens with zero attached hydrogens (tertiary/aromatic N) is 1. The molecule has 0 aliphatic carbocycles. The Balaban J connectivity index is 2.32. The molecular weight excluding hydrogens is 154 g/mol. The molecule has 0 unspecified atom stereocenters. The number of β-amino-alcohol motifs (C(OH)–C–C–N with tert-alkyl or cyclic N) is 1. The summed E-state index contributed by atoms with van der Waals surface area (Å²) in [5, 5.41) is 9.57. The molecule has 0 radical (unpaired) electrons. The minimum Gasteiger partial charge on any atom is -0.389 e. The normalized spacial score (nSPS) is 27.5. The van der Waals surface area contributed by atoms with Crippen LogP contribution in [0, 0.1) is 0 Å². The highest BCUT2D eigenvalue weighted by atomic mass is 16.5. The van der Waals surface area contributed by atoms with Crippen LogP contribution < -0.4 is 0 Å². The van der Waals surface area contributed by atoms with Crippen molar-refractivity contribution in [3.05, 3.63) is 0 Å². The van der Waals surface area contributed by atoms with Gasteiger partial charge in [-0.15, -0.1) is 0 Å². The molecule has 0 amide bonds. The van der Waals surface area contributed by atoms with Gasteiger partial charge in [0, 0.05) is 19.6 Å². The first-order valence-electron chi connectivity index (χ1n) is 4.54. The van der Waals surface area contributed by atoms with Gasteiger partial charge >= 0.3 is 0 Å². The van der Waals surface area contributed by atoms with Crippen molar-refractivity contribution in [3.8, 4) is 0 Å². The second kappa shape index (κ2) is 3.73. The summed E-state index contributed by atoms with van der Waals surface area (Å²) in [5.41, 5.74) is -0.586. The molecule has 3 nitrogen and oxygen atoms in total. The van der Waals surface area contributed by atoms with Crippen molar-refractivity contribution in [2.24, 2.45) is 0 Å². The third kappa shape index (κ3) is 3.52. The lowest BCUT2D eigenvalue weighted by atomic mass is 10.1. The van der Waals surface area contributed by atoms with E-state index in [0.717, 1.165) is 26.2 Å². The second-order valence-electron chi connectivity index (χ2n) is 4.23. The molecule has 3 heteroatoms. The Hall–Kier alpha value is -0.120. The number of ether oxygens (including phenoxy) is 1. The molecule has 1 atom stereocenters. The Kier molecular flexibility index (Phi) is 3.09. The molecule has 1 rings (SSSR count). The van der Waals surface area contributed by atoms with Crippen molar-refractivity contribution in [2.75, 3.05) is 26.2 Å². The molecule has 1 heterocycles. The molecule has 1 aliphatic heterocycles. The van der Waals surface area contributed by atoms with E-state index in [9.17, 15) is 5.11 Å². The van der Waals surface area contributed by atoms with Crippen molar-refractivity contribution in [1.82, 2.24) is 4.90 Å². The van der Waals surface area contributed by atoms with Gasteiger partial charge < -0.3 is 9.84 Å². The Morgan fingerprint density at radius 1 is 1.58 bits per heavy atom. The fraction of sp³-hybridized carbons (Fsp3) is 1.00. The summed E-state index contributed by atoms with van der Waals surface area (Å²) in [4.78, 5) is 2.24. The highest BCUT2D eigenvalue weighted by Crippen LogP contribution is 2.09. The van der Waals surface area contributed by atoms with Gasteiger partial charge in [0.1, 0.15) is 0 Å². The zero-order chi connectivity index (χ0) is 9.19. The standard InChI is InChI=1S/C9H19NO2/c1-8-6-10(4-5-12-8)7-9(2,3)11/h8,11H,4-7H2,1-3H3/t8-/m1/s1. The minimum atomic E-state index is -0.586. The molecule has 1 saturated heterocycles. The summed E-state index contributed by atoms with van der Waals surface area (Å²) in [6.07, 6.45) is 0.307. The Bertz CT molecular complexity index is 142. The summed E-state index contributed by atoms with van der Waals surface area (Å²) in [6.45, 7) is 9.15. The monoisotopic (exact) mass is 173 g/mol. The van der Waals surface area contributed by atoms with Crippen LogP contribution in [-0.2, 0) is 4.74 Å². The molecule has 0 aromatic carbocycles. The maximum atomic E-state index is 9.57. The first-order chi connectivity index (χ1) is 5.47. The molecule has 1 fully saturated rings. The van der Waals surface area contributed by atoms with Gasteiger partial charge in [-0.2, -0.15) is 0 Å². The quantitative estimate of drug-likeness (QED) is 0.659. The van der Waals surface area contributed by atoms with Crippen LogP contribution in [-0.4, -0.2) is 48.0 Å². The predicted octanol–water partition coefficient (Wildman–Crippen LogP) is 0.478. The van der Waals surface area contributed by atoms with Crippen LogP contribution >= 0.6 is 0 Å². The molecule has 1 aliphatic rings. The van der Waals surface area contributed by atoms with E-state index in [1.807, 2.05) is 13.8 Å².